The monoisotopic (exact) mass is 260 g/mol. The fourth-order valence-electron chi connectivity index (χ4n) is 6.11. The lowest BCUT2D eigenvalue weighted by atomic mass is 9.53. The third-order valence-corrected chi connectivity index (χ3v) is 6.89. The van der Waals surface area contributed by atoms with Crippen LogP contribution in [0.15, 0.2) is 0 Å². The second-order valence-electron chi connectivity index (χ2n) is 7.52. The largest absolute Gasteiger partial charge is 0.291 e. The van der Waals surface area contributed by atoms with Crippen LogP contribution in [-0.4, -0.2) is 11.6 Å². The Morgan fingerprint density at radius 2 is 1.26 bits per heavy atom. The van der Waals surface area contributed by atoms with Gasteiger partial charge in [0.05, 0.1) is 0 Å². The Labute approximate surface area is 115 Å². The van der Waals surface area contributed by atoms with Gasteiger partial charge >= 0.3 is 0 Å². The fraction of sp³-hybridized carbons (Fsp3) is 0.882. The van der Waals surface area contributed by atoms with E-state index in [0.29, 0.717) is 24.7 Å². The number of hydrogen-bond donors (Lipinski definition) is 0. The van der Waals surface area contributed by atoms with Crippen LogP contribution < -0.4 is 0 Å². The van der Waals surface area contributed by atoms with Crippen molar-refractivity contribution in [1.82, 2.24) is 0 Å². The molecule has 0 spiro atoms. The van der Waals surface area contributed by atoms with E-state index in [-0.39, 0.29) is 11.6 Å². The number of carbonyl (C=O) groups excluding carboxylic acids is 2. The molecule has 0 bridgehead atoms. The van der Waals surface area contributed by atoms with Gasteiger partial charge in [-0.3, -0.25) is 9.59 Å². The predicted octanol–water partition coefficient (Wildman–Crippen LogP) is 3.39. The molecule has 4 aliphatic rings. The highest BCUT2D eigenvalue weighted by Gasteiger charge is 2.50. The summed E-state index contributed by atoms with van der Waals surface area (Å²) < 4.78 is 0. The van der Waals surface area contributed by atoms with Gasteiger partial charge in [0.25, 0.3) is 0 Å². The molecule has 4 fully saturated rings. The van der Waals surface area contributed by atoms with Crippen LogP contribution in [0.3, 0.4) is 0 Å². The van der Waals surface area contributed by atoms with E-state index < -0.39 is 0 Å². The summed E-state index contributed by atoms with van der Waals surface area (Å²) in [7, 11) is 0. The first-order chi connectivity index (χ1) is 9.24. The average Bonchev–Trinajstić information content (AvgIpc) is 2.88. The van der Waals surface area contributed by atoms with Crippen molar-refractivity contribution in [2.24, 2.45) is 35.5 Å². The smallest absolute Gasteiger partial charge is 0.198 e. The molecule has 6 atom stereocenters. The summed E-state index contributed by atoms with van der Waals surface area (Å²) in [6, 6.07) is 0. The molecule has 2 heteroatoms. The highest BCUT2D eigenvalue weighted by molar-refractivity contribution is 6.37. The molecular formula is C17H24O2. The van der Waals surface area contributed by atoms with E-state index in [0.717, 1.165) is 23.7 Å². The second kappa shape index (κ2) is 4.43. The van der Waals surface area contributed by atoms with Crippen LogP contribution in [0.4, 0.5) is 0 Å². The Morgan fingerprint density at radius 1 is 0.579 bits per heavy atom. The normalized spacial score (nSPS) is 49.5. The van der Waals surface area contributed by atoms with Crippen molar-refractivity contribution in [2.75, 3.05) is 0 Å². The van der Waals surface area contributed by atoms with Gasteiger partial charge in [0.2, 0.25) is 0 Å². The van der Waals surface area contributed by atoms with Crippen molar-refractivity contribution in [2.45, 2.75) is 57.8 Å². The second-order valence-corrected chi connectivity index (χ2v) is 7.52. The molecule has 0 aromatic heterocycles. The molecule has 0 heterocycles. The van der Waals surface area contributed by atoms with Crippen molar-refractivity contribution in [1.29, 1.82) is 0 Å². The van der Waals surface area contributed by atoms with E-state index >= 15 is 0 Å². The summed E-state index contributed by atoms with van der Waals surface area (Å²) in [5.74, 6) is 4.60. The van der Waals surface area contributed by atoms with Gasteiger partial charge in [0, 0.05) is 12.8 Å². The lowest BCUT2D eigenvalue weighted by Gasteiger charge is -2.51. The molecule has 4 saturated carbocycles. The van der Waals surface area contributed by atoms with Crippen LogP contribution >= 0.6 is 0 Å². The predicted molar refractivity (Wildman–Crippen MR) is 72.5 cm³/mol. The van der Waals surface area contributed by atoms with Crippen LogP contribution in [0.25, 0.3) is 0 Å². The minimum Gasteiger partial charge on any atom is -0.291 e. The third kappa shape index (κ3) is 1.82. The van der Waals surface area contributed by atoms with Gasteiger partial charge in [-0.15, -0.1) is 0 Å². The van der Waals surface area contributed by atoms with Gasteiger partial charge in [-0.05, 0) is 67.6 Å². The number of ketones is 2. The van der Waals surface area contributed by atoms with E-state index in [2.05, 4.69) is 0 Å². The van der Waals surface area contributed by atoms with E-state index in [4.69, 9.17) is 0 Å². The van der Waals surface area contributed by atoms with Crippen molar-refractivity contribution < 1.29 is 9.59 Å². The number of hydrogen-bond acceptors (Lipinski definition) is 2. The summed E-state index contributed by atoms with van der Waals surface area (Å²) in [5, 5.41) is 0. The van der Waals surface area contributed by atoms with Crippen molar-refractivity contribution in [3.8, 4) is 0 Å². The quantitative estimate of drug-likeness (QED) is 0.626. The summed E-state index contributed by atoms with van der Waals surface area (Å²) in [6.07, 6.45) is 10.8. The Balaban J connectivity index is 1.58. The first-order valence-electron chi connectivity index (χ1n) is 8.30. The topological polar surface area (TPSA) is 34.1 Å². The van der Waals surface area contributed by atoms with E-state index in [1.807, 2.05) is 0 Å². The summed E-state index contributed by atoms with van der Waals surface area (Å²) >= 11 is 0. The minimum absolute atomic E-state index is 0.0598. The minimum atomic E-state index is -0.0748. The number of carbonyl (C=O) groups is 2. The molecule has 1 unspecified atom stereocenters. The highest BCUT2D eigenvalue weighted by atomic mass is 16.2. The summed E-state index contributed by atoms with van der Waals surface area (Å²) in [6.45, 7) is 0. The SMILES string of the molecule is O=C1CC2CC[C@H]3[C@@H]4CCC[C@H]4CC[C@@H]3[C@H]2CC1=O. The molecule has 2 nitrogen and oxygen atoms in total. The Hall–Kier alpha value is -0.660. The molecule has 4 aliphatic carbocycles. The zero-order chi connectivity index (χ0) is 13.0. The van der Waals surface area contributed by atoms with Crippen molar-refractivity contribution >= 4 is 11.6 Å². The Kier molecular flexibility index (Phi) is 2.82. The van der Waals surface area contributed by atoms with Crippen LogP contribution in [-0.2, 0) is 9.59 Å². The van der Waals surface area contributed by atoms with Gasteiger partial charge in [0.1, 0.15) is 0 Å². The molecule has 0 radical (unpaired) electrons. The molecule has 19 heavy (non-hydrogen) atoms. The number of Topliss-reactive ketones (excluding diaryl/α,β-unsaturated/α-hetero) is 2. The third-order valence-electron chi connectivity index (χ3n) is 6.89. The Bertz CT molecular complexity index is 413. The van der Waals surface area contributed by atoms with E-state index in [1.54, 1.807) is 0 Å². The molecule has 0 saturated heterocycles. The summed E-state index contributed by atoms with van der Waals surface area (Å²) in [4.78, 5) is 23.4. The van der Waals surface area contributed by atoms with Crippen LogP contribution in [0, 0.1) is 35.5 Å². The van der Waals surface area contributed by atoms with Crippen LogP contribution in [0.2, 0.25) is 0 Å². The average molecular weight is 260 g/mol. The summed E-state index contributed by atoms with van der Waals surface area (Å²) in [5.41, 5.74) is 0. The van der Waals surface area contributed by atoms with Gasteiger partial charge in [0.15, 0.2) is 11.6 Å². The first-order valence-corrected chi connectivity index (χ1v) is 8.30. The van der Waals surface area contributed by atoms with Gasteiger partial charge in [-0.25, -0.2) is 0 Å². The molecule has 0 aromatic rings. The number of fused-ring (bicyclic) bond motifs is 5. The maximum atomic E-state index is 11.8. The van der Waals surface area contributed by atoms with Crippen LogP contribution in [0.5, 0.6) is 0 Å². The maximum absolute atomic E-state index is 11.8. The lowest BCUT2D eigenvalue weighted by molar-refractivity contribution is -0.144. The van der Waals surface area contributed by atoms with Crippen LogP contribution in [0.1, 0.15) is 57.8 Å². The lowest BCUT2D eigenvalue weighted by Crippen LogP contribution is -2.46. The zero-order valence-electron chi connectivity index (χ0n) is 11.6. The fourth-order valence-corrected chi connectivity index (χ4v) is 6.11. The Morgan fingerprint density at radius 3 is 2.11 bits per heavy atom. The standard InChI is InChI=1S/C17H24O2/c18-16-8-11-5-7-13-12-3-1-2-10(12)4-6-14(13)15(11)9-17(16)19/h10-15H,1-9H2/t10-,11?,12+,13-,14-,15-/m0/s1. The molecule has 0 N–H and O–H groups in total. The molecular weight excluding hydrogens is 236 g/mol. The molecule has 104 valence electrons. The molecule has 0 amide bonds. The molecule has 4 rings (SSSR count). The van der Waals surface area contributed by atoms with E-state index in [1.165, 1.54) is 44.9 Å². The van der Waals surface area contributed by atoms with Gasteiger partial charge < -0.3 is 0 Å². The number of rotatable bonds is 0. The maximum Gasteiger partial charge on any atom is 0.198 e. The van der Waals surface area contributed by atoms with Gasteiger partial charge in [-0.2, -0.15) is 0 Å². The van der Waals surface area contributed by atoms with Gasteiger partial charge in [-0.1, -0.05) is 12.8 Å². The van der Waals surface area contributed by atoms with Crippen molar-refractivity contribution in [3.63, 3.8) is 0 Å². The van der Waals surface area contributed by atoms with Crippen molar-refractivity contribution in [3.05, 3.63) is 0 Å². The first kappa shape index (κ1) is 12.1. The zero-order valence-corrected chi connectivity index (χ0v) is 11.6. The molecule has 0 aromatic carbocycles. The van der Waals surface area contributed by atoms with E-state index in [9.17, 15) is 9.59 Å². The highest BCUT2D eigenvalue weighted by Crippen LogP contribution is 2.57. The molecule has 0 aliphatic heterocycles.